The maximum absolute atomic E-state index is 12.6. The third-order valence-corrected chi connectivity index (χ3v) is 7.78. The Bertz CT molecular complexity index is 610. The highest BCUT2D eigenvalue weighted by molar-refractivity contribution is 6.43. The molecule has 0 aromatic heterocycles. The van der Waals surface area contributed by atoms with E-state index in [1.165, 1.54) is 5.57 Å². The van der Waals surface area contributed by atoms with Crippen LogP contribution in [-0.4, -0.2) is 27.9 Å². The Morgan fingerprint density at radius 2 is 1.87 bits per heavy atom. The Kier molecular flexibility index (Phi) is 3.29. The molecule has 0 bridgehead atoms. The molecule has 4 rings (SSSR count). The predicted octanol–water partition coefficient (Wildman–Crippen LogP) is 3.32. The number of carbonyl (C=O) groups is 1. The number of aliphatic hydroxyl groups is 1. The van der Waals surface area contributed by atoms with E-state index in [4.69, 9.17) is 0 Å². The van der Waals surface area contributed by atoms with Gasteiger partial charge in [0.15, 0.2) is 5.78 Å². The number of ketones is 1. The Labute approximate surface area is 137 Å². The minimum absolute atomic E-state index is 0.0717. The number of nitrogens with zero attached hydrogens (tertiary/aromatic N) is 1. The highest BCUT2D eigenvalue weighted by atomic mass is 16.4. The minimum atomic E-state index is -0.335. The first kappa shape index (κ1) is 15.4. The van der Waals surface area contributed by atoms with Gasteiger partial charge in [-0.1, -0.05) is 30.7 Å². The average molecular weight is 317 g/mol. The fraction of sp³-hybridized carbons (Fsp3) is 0.789. The van der Waals surface area contributed by atoms with Gasteiger partial charge in [0.25, 0.3) is 0 Å². The summed E-state index contributed by atoms with van der Waals surface area (Å²) >= 11 is 0. The van der Waals surface area contributed by atoms with Crippen LogP contribution in [0.5, 0.6) is 0 Å². The lowest BCUT2D eigenvalue weighted by Crippen LogP contribution is -2.50. The lowest BCUT2D eigenvalue weighted by atomic mass is 9.48. The molecule has 4 aliphatic carbocycles. The molecular formula is C19H27NO3. The van der Waals surface area contributed by atoms with E-state index in [0.29, 0.717) is 29.9 Å². The molecule has 4 nitrogen and oxygen atoms in total. The van der Waals surface area contributed by atoms with Gasteiger partial charge in [-0.05, 0) is 61.7 Å². The molecule has 0 heterocycles. The molecule has 3 fully saturated rings. The maximum atomic E-state index is 12.6. The average Bonchev–Trinajstić information content (AvgIpc) is 2.79. The molecule has 0 radical (unpaired) electrons. The number of Topliss-reactive ketones (excluding diaryl/α,β-unsaturated/α-hetero) is 1. The van der Waals surface area contributed by atoms with Gasteiger partial charge < -0.3 is 10.3 Å². The van der Waals surface area contributed by atoms with Gasteiger partial charge in [-0.3, -0.25) is 4.79 Å². The second-order valence-electron chi connectivity index (χ2n) is 8.69. The monoisotopic (exact) mass is 317 g/mol. The van der Waals surface area contributed by atoms with Crippen LogP contribution in [0.2, 0.25) is 0 Å². The Morgan fingerprint density at radius 1 is 1.13 bits per heavy atom. The van der Waals surface area contributed by atoms with Gasteiger partial charge in [0.1, 0.15) is 5.71 Å². The molecule has 0 aliphatic heterocycles. The van der Waals surface area contributed by atoms with Crippen molar-refractivity contribution in [2.24, 2.45) is 33.7 Å². The number of rotatable bonds is 0. The Morgan fingerprint density at radius 3 is 2.61 bits per heavy atom. The van der Waals surface area contributed by atoms with Crippen molar-refractivity contribution in [3.05, 3.63) is 11.6 Å². The van der Waals surface area contributed by atoms with Crippen molar-refractivity contribution in [1.82, 2.24) is 0 Å². The van der Waals surface area contributed by atoms with Crippen LogP contribution in [0.1, 0.15) is 58.8 Å². The largest absolute Gasteiger partial charge is 0.411 e. The predicted molar refractivity (Wildman–Crippen MR) is 87.3 cm³/mol. The van der Waals surface area contributed by atoms with Crippen molar-refractivity contribution in [1.29, 1.82) is 0 Å². The minimum Gasteiger partial charge on any atom is -0.411 e. The third kappa shape index (κ3) is 1.93. The quantitative estimate of drug-likeness (QED) is 0.409. The van der Waals surface area contributed by atoms with E-state index in [0.717, 1.165) is 38.5 Å². The van der Waals surface area contributed by atoms with Crippen LogP contribution < -0.4 is 0 Å². The summed E-state index contributed by atoms with van der Waals surface area (Å²) in [6.07, 6.45) is 8.57. The molecule has 0 spiro atoms. The molecule has 0 saturated heterocycles. The summed E-state index contributed by atoms with van der Waals surface area (Å²) in [4.78, 5) is 12.6. The van der Waals surface area contributed by atoms with Crippen LogP contribution in [0.25, 0.3) is 0 Å². The number of hydrogen-bond acceptors (Lipinski definition) is 4. The van der Waals surface area contributed by atoms with Crippen LogP contribution in [0.3, 0.4) is 0 Å². The highest BCUT2D eigenvalue weighted by Crippen LogP contribution is 2.63. The smallest absolute Gasteiger partial charge is 0.186 e. The SMILES string of the molecule is C[C@@]12CC[C@@H]3[C@H](CC=C4C[C@H](O)CC[C@@]43C)[C@H]1C/C(=N/O)C2=O. The first-order valence-electron chi connectivity index (χ1n) is 9.03. The number of aliphatic hydroxyl groups excluding tert-OH is 1. The number of fused-ring (bicyclic) bond motifs is 5. The molecule has 2 N–H and O–H groups in total. The van der Waals surface area contributed by atoms with Gasteiger partial charge in [-0.25, -0.2) is 0 Å². The van der Waals surface area contributed by atoms with E-state index in [1.807, 2.05) is 0 Å². The van der Waals surface area contributed by atoms with Crippen LogP contribution in [0.4, 0.5) is 0 Å². The van der Waals surface area contributed by atoms with Crippen molar-refractivity contribution in [3.8, 4) is 0 Å². The van der Waals surface area contributed by atoms with Crippen LogP contribution in [0, 0.1) is 28.6 Å². The molecule has 4 heteroatoms. The van der Waals surface area contributed by atoms with E-state index >= 15 is 0 Å². The zero-order valence-corrected chi connectivity index (χ0v) is 14.1. The zero-order chi connectivity index (χ0) is 16.4. The molecule has 3 saturated carbocycles. The molecule has 0 aromatic carbocycles. The highest BCUT2D eigenvalue weighted by Gasteiger charge is 2.60. The molecule has 4 aliphatic rings. The van der Waals surface area contributed by atoms with Crippen molar-refractivity contribution in [2.75, 3.05) is 0 Å². The summed E-state index contributed by atoms with van der Waals surface area (Å²) in [7, 11) is 0. The van der Waals surface area contributed by atoms with Crippen molar-refractivity contribution < 1.29 is 15.1 Å². The fourth-order valence-corrected chi connectivity index (χ4v) is 6.34. The van der Waals surface area contributed by atoms with Gasteiger partial charge >= 0.3 is 0 Å². The van der Waals surface area contributed by atoms with Crippen LogP contribution in [-0.2, 0) is 4.79 Å². The Hall–Kier alpha value is -1.16. The van der Waals surface area contributed by atoms with Gasteiger partial charge in [-0.2, -0.15) is 0 Å². The summed E-state index contributed by atoms with van der Waals surface area (Å²) < 4.78 is 0. The molecule has 126 valence electrons. The van der Waals surface area contributed by atoms with E-state index < -0.39 is 0 Å². The first-order chi connectivity index (χ1) is 10.9. The van der Waals surface area contributed by atoms with E-state index in [-0.39, 0.29) is 22.7 Å². The summed E-state index contributed by atoms with van der Waals surface area (Å²) in [5.41, 5.74) is 1.68. The maximum Gasteiger partial charge on any atom is 0.186 e. The van der Waals surface area contributed by atoms with Crippen molar-refractivity contribution in [2.45, 2.75) is 64.9 Å². The fourth-order valence-electron chi connectivity index (χ4n) is 6.34. The zero-order valence-electron chi connectivity index (χ0n) is 14.1. The van der Waals surface area contributed by atoms with Gasteiger partial charge in [0.2, 0.25) is 0 Å². The van der Waals surface area contributed by atoms with Gasteiger partial charge in [-0.15, -0.1) is 0 Å². The number of carbonyl (C=O) groups excluding carboxylic acids is 1. The second-order valence-corrected chi connectivity index (χ2v) is 8.69. The van der Waals surface area contributed by atoms with E-state index in [1.54, 1.807) is 0 Å². The second kappa shape index (κ2) is 4.92. The van der Waals surface area contributed by atoms with Crippen molar-refractivity contribution in [3.63, 3.8) is 0 Å². The van der Waals surface area contributed by atoms with Gasteiger partial charge in [0, 0.05) is 11.8 Å². The molecule has 6 atom stereocenters. The standard InChI is InChI=1S/C19H27NO3/c1-18-7-5-12(21)9-11(18)3-4-13-14(18)6-8-19(2)15(13)10-16(20-23)17(19)22/h3,12-15,21,23H,4-10H2,1-2H3/b20-16-/t12-,13+,14-,15-,18+,19-/m1/s1. The van der Waals surface area contributed by atoms with Crippen LogP contribution >= 0.6 is 0 Å². The summed E-state index contributed by atoms with van der Waals surface area (Å²) in [5, 5.41) is 22.5. The number of allylic oxidation sites excluding steroid dienone is 1. The van der Waals surface area contributed by atoms with Crippen molar-refractivity contribution >= 4 is 11.5 Å². The number of oxime groups is 1. The Balaban J connectivity index is 1.71. The summed E-state index contributed by atoms with van der Waals surface area (Å²) in [6, 6.07) is 0. The molecule has 23 heavy (non-hydrogen) atoms. The molecule has 0 aromatic rings. The topological polar surface area (TPSA) is 69.9 Å². The molecule has 0 amide bonds. The lowest BCUT2D eigenvalue weighted by molar-refractivity contribution is -0.128. The lowest BCUT2D eigenvalue weighted by Gasteiger charge is -2.56. The normalized spacial score (nSPS) is 51.0. The van der Waals surface area contributed by atoms with E-state index in [9.17, 15) is 15.1 Å². The van der Waals surface area contributed by atoms with E-state index in [2.05, 4.69) is 25.1 Å². The number of hydrogen-bond donors (Lipinski definition) is 2. The van der Waals surface area contributed by atoms with Gasteiger partial charge in [0.05, 0.1) is 6.10 Å². The first-order valence-corrected chi connectivity index (χ1v) is 9.03. The van der Waals surface area contributed by atoms with Crippen LogP contribution in [0.15, 0.2) is 16.8 Å². The molecule has 0 unspecified atom stereocenters. The third-order valence-electron chi connectivity index (χ3n) is 7.78. The summed E-state index contributed by atoms with van der Waals surface area (Å²) in [6.45, 7) is 4.46. The summed E-state index contributed by atoms with van der Waals surface area (Å²) in [5.74, 6) is 1.48. The molecular weight excluding hydrogens is 290 g/mol.